The zero-order valence-corrected chi connectivity index (χ0v) is 14.7. The van der Waals surface area contributed by atoms with Gasteiger partial charge in [0.05, 0.1) is 18.2 Å². The average molecular weight is 393 g/mol. The number of carbonyl (C=O) groups excluding carboxylic acids is 2. The van der Waals surface area contributed by atoms with E-state index in [4.69, 9.17) is 9.15 Å². The number of hydrogen-bond acceptors (Lipinski definition) is 5. The highest BCUT2D eigenvalue weighted by atomic mass is 19.4. The van der Waals surface area contributed by atoms with Gasteiger partial charge in [0.2, 0.25) is 5.91 Å². The molecule has 1 aromatic heterocycles. The van der Waals surface area contributed by atoms with Crippen molar-refractivity contribution in [3.05, 3.63) is 54.3 Å². The topological polar surface area (TPSA) is 69.0 Å². The van der Waals surface area contributed by atoms with Gasteiger partial charge in [0.15, 0.2) is 5.76 Å². The number of halogens is 3. The predicted molar refractivity (Wildman–Crippen MR) is 93.4 cm³/mol. The maximum atomic E-state index is 12.8. The Morgan fingerprint density at radius 1 is 1.07 bits per heavy atom. The lowest BCUT2D eigenvalue weighted by molar-refractivity contribution is -0.274. The predicted octanol–water partition coefficient (Wildman–Crippen LogP) is 4.53. The number of hydrogen-bond donors (Lipinski definition) is 0. The number of benzene rings is 2. The third-order valence-corrected chi connectivity index (χ3v) is 3.80. The molecule has 28 heavy (non-hydrogen) atoms. The molecular weight excluding hydrogens is 379 g/mol. The fraction of sp³-hybridized carbons (Fsp3) is 0.158. The number of methoxy groups -OCH3 is 1. The monoisotopic (exact) mass is 393 g/mol. The van der Waals surface area contributed by atoms with E-state index in [1.807, 2.05) is 0 Å². The second-order valence-electron chi connectivity index (χ2n) is 5.68. The molecule has 3 rings (SSSR count). The van der Waals surface area contributed by atoms with Crippen LogP contribution in [0.15, 0.2) is 52.9 Å². The van der Waals surface area contributed by atoms with Crippen molar-refractivity contribution in [2.75, 3.05) is 12.0 Å². The van der Waals surface area contributed by atoms with Crippen LogP contribution in [0.5, 0.6) is 11.5 Å². The SMILES string of the molecule is COc1cccc2oc(C(=O)N(C(C)=O)c3ccc(OC(F)(F)F)cc3)cc12. The van der Waals surface area contributed by atoms with Gasteiger partial charge in [0.25, 0.3) is 0 Å². The third kappa shape index (κ3) is 3.93. The van der Waals surface area contributed by atoms with Crippen molar-refractivity contribution >= 4 is 28.5 Å². The lowest BCUT2D eigenvalue weighted by Crippen LogP contribution is -2.35. The summed E-state index contributed by atoms with van der Waals surface area (Å²) in [5, 5.41) is 0.547. The molecule has 6 nitrogen and oxygen atoms in total. The molecule has 0 aliphatic carbocycles. The van der Waals surface area contributed by atoms with E-state index in [0.717, 1.165) is 24.0 Å². The van der Waals surface area contributed by atoms with Crippen LogP contribution in [0.25, 0.3) is 11.0 Å². The summed E-state index contributed by atoms with van der Waals surface area (Å²) in [6, 6.07) is 10.8. The molecule has 0 bridgehead atoms. The summed E-state index contributed by atoms with van der Waals surface area (Å²) >= 11 is 0. The molecule has 1 heterocycles. The fourth-order valence-electron chi connectivity index (χ4n) is 2.67. The van der Waals surface area contributed by atoms with Crippen molar-refractivity contribution < 1.29 is 36.7 Å². The lowest BCUT2D eigenvalue weighted by atomic mass is 10.2. The molecule has 3 aromatic rings. The quantitative estimate of drug-likeness (QED) is 0.651. The molecule has 0 unspecified atom stereocenters. The van der Waals surface area contributed by atoms with Crippen LogP contribution in [0.4, 0.5) is 18.9 Å². The van der Waals surface area contributed by atoms with E-state index >= 15 is 0 Å². The van der Waals surface area contributed by atoms with E-state index in [0.29, 0.717) is 16.7 Å². The van der Waals surface area contributed by atoms with E-state index < -0.39 is 23.9 Å². The van der Waals surface area contributed by atoms with Gasteiger partial charge in [-0.05, 0) is 36.4 Å². The summed E-state index contributed by atoms with van der Waals surface area (Å²) in [6.45, 7) is 1.15. The van der Waals surface area contributed by atoms with E-state index in [9.17, 15) is 22.8 Å². The second kappa shape index (κ2) is 7.26. The molecule has 0 aliphatic rings. The Hall–Kier alpha value is -3.49. The number of imide groups is 1. The second-order valence-corrected chi connectivity index (χ2v) is 5.68. The molecule has 0 N–H and O–H groups in total. The summed E-state index contributed by atoms with van der Waals surface area (Å²) in [6.07, 6.45) is -4.84. The molecule has 0 spiro atoms. The van der Waals surface area contributed by atoms with Gasteiger partial charge in [-0.3, -0.25) is 9.59 Å². The van der Waals surface area contributed by atoms with Gasteiger partial charge in [0.1, 0.15) is 17.1 Å². The first-order valence-corrected chi connectivity index (χ1v) is 7.97. The summed E-state index contributed by atoms with van der Waals surface area (Å²) in [5.41, 5.74) is 0.458. The first-order chi connectivity index (χ1) is 13.2. The zero-order valence-electron chi connectivity index (χ0n) is 14.7. The van der Waals surface area contributed by atoms with Crippen LogP contribution in [0, 0.1) is 0 Å². The number of furan rings is 1. The number of ether oxygens (including phenoxy) is 2. The van der Waals surface area contributed by atoms with Gasteiger partial charge in [0, 0.05) is 13.0 Å². The largest absolute Gasteiger partial charge is 0.573 e. The van der Waals surface area contributed by atoms with Crippen molar-refractivity contribution in [3.8, 4) is 11.5 Å². The Morgan fingerprint density at radius 3 is 2.32 bits per heavy atom. The Morgan fingerprint density at radius 2 is 1.75 bits per heavy atom. The standard InChI is InChI=1S/C19H14F3NO5/c1-11(24)23(12-6-8-13(9-7-12)28-19(20,21)22)18(25)17-10-14-15(26-2)4-3-5-16(14)27-17/h3-10H,1-2H3. The zero-order chi connectivity index (χ0) is 20.5. The highest BCUT2D eigenvalue weighted by Crippen LogP contribution is 2.31. The van der Waals surface area contributed by atoms with Crippen LogP contribution in [0.2, 0.25) is 0 Å². The smallest absolute Gasteiger partial charge is 0.496 e. The molecule has 0 saturated carbocycles. The van der Waals surface area contributed by atoms with Gasteiger partial charge in [-0.1, -0.05) is 6.07 Å². The molecule has 0 radical (unpaired) electrons. The minimum Gasteiger partial charge on any atom is -0.496 e. The van der Waals surface area contributed by atoms with Crippen molar-refractivity contribution in [3.63, 3.8) is 0 Å². The summed E-state index contributed by atoms with van der Waals surface area (Å²) in [5.74, 6) is -1.51. The van der Waals surface area contributed by atoms with Gasteiger partial charge < -0.3 is 13.9 Å². The summed E-state index contributed by atoms with van der Waals surface area (Å²) < 4.78 is 51.3. The van der Waals surface area contributed by atoms with Gasteiger partial charge in [-0.2, -0.15) is 0 Å². The molecule has 9 heteroatoms. The Kier molecular flexibility index (Phi) is 5.00. The van der Waals surface area contributed by atoms with E-state index in [1.165, 1.54) is 25.3 Å². The van der Waals surface area contributed by atoms with Gasteiger partial charge in [-0.15, -0.1) is 13.2 Å². The van der Waals surface area contributed by atoms with Crippen LogP contribution in [-0.4, -0.2) is 25.3 Å². The van der Waals surface area contributed by atoms with Gasteiger partial charge in [-0.25, -0.2) is 4.90 Å². The van der Waals surface area contributed by atoms with Crippen LogP contribution in [0.3, 0.4) is 0 Å². The van der Waals surface area contributed by atoms with Gasteiger partial charge >= 0.3 is 12.3 Å². The van der Waals surface area contributed by atoms with E-state index in [-0.39, 0.29) is 11.4 Å². The molecule has 2 amide bonds. The molecule has 2 aromatic carbocycles. The molecular formula is C19H14F3NO5. The number of anilines is 1. The number of fused-ring (bicyclic) bond motifs is 1. The van der Waals surface area contributed by atoms with Crippen LogP contribution >= 0.6 is 0 Å². The Balaban J connectivity index is 1.94. The maximum Gasteiger partial charge on any atom is 0.573 e. The number of rotatable bonds is 4. The molecule has 0 saturated heterocycles. The Labute approximate surface area is 157 Å². The number of carbonyl (C=O) groups is 2. The van der Waals surface area contributed by atoms with Crippen molar-refractivity contribution in [1.82, 2.24) is 0 Å². The van der Waals surface area contributed by atoms with Crippen molar-refractivity contribution in [2.24, 2.45) is 0 Å². The van der Waals surface area contributed by atoms with Crippen LogP contribution < -0.4 is 14.4 Å². The number of amides is 2. The highest BCUT2D eigenvalue weighted by Gasteiger charge is 2.31. The van der Waals surface area contributed by atoms with Crippen LogP contribution in [0.1, 0.15) is 17.5 Å². The van der Waals surface area contributed by atoms with E-state index in [2.05, 4.69) is 4.74 Å². The lowest BCUT2D eigenvalue weighted by Gasteiger charge is -2.18. The number of nitrogens with zero attached hydrogens (tertiary/aromatic N) is 1. The third-order valence-electron chi connectivity index (χ3n) is 3.80. The molecule has 146 valence electrons. The highest BCUT2D eigenvalue weighted by molar-refractivity contribution is 6.20. The van der Waals surface area contributed by atoms with Crippen LogP contribution in [-0.2, 0) is 4.79 Å². The maximum absolute atomic E-state index is 12.8. The molecule has 0 aliphatic heterocycles. The van der Waals surface area contributed by atoms with E-state index in [1.54, 1.807) is 18.2 Å². The Bertz CT molecular complexity index is 1020. The van der Waals surface area contributed by atoms with Crippen molar-refractivity contribution in [2.45, 2.75) is 13.3 Å². The average Bonchev–Trinajstić information content (AvgIpc) is 3.06. The fourth-order valence-corrected chi connectivity index (χ4v) is 2.67. The normalized spacial score (nSPS) is 11.3. The summed E-state index contributed by atoms with van der Waals surface area (Å²) in [4.78, 5) is 25.7. The minimum atomic E-state index is -4.84. The summed E-state index contributed by atoms with van der Waals surface area (Å²) in [7, 11) is 1.47. The first kappa shape index (κ1) is 19.3. The van der Waals surface area contributed by atoms with Crippen molar-refractivity contribution in [1.29, 1.82) is 0 Å². The molecule has 0 atom stereocenters. The molecule has 0 fully saturated rings. The number of alkyl halides is 3. The first-order valence-electron chi connectivity index (χ1n) is 7.97. The minimum absolute atomic E-state index is 0.0689.